The van der Waals surface area contributed by atoms with Crippen molar-refractivity contribution in [1.82, 2.24) is 14.9 Å². The molecule has 4 heteroatoms. The van der Waals surface area contributed by atoms with E-state index in [0.29, 0.717) is 6.04 Å². The largest absolute Gasteiger partial charge is 0.333 e. The van der Waals surface area contributed by atoms with Crippen LogP contribution in [0.1, 0.15) is 25.1 Å². The molecule has 1 aromatic heterocycles. The summed E-state index contributed by atoms with van der Waals surface area (Å²) in [5.74, 6) is -0.203. The number of rotatable bonds is 5. The summed E-state index contributed by atoms with van der Waals surface area (Å²) in [5, 5.41) is 3.32. The van der Waals surface area contributed by atoms with Crippen LogP contribution in [0.5, 0.6) is 0 Å². The molecule has 0 radical (unpaired) electrons. The van der Waals surface area contributed by atoms with Crippen molar-refractivity contribution in [2.75, 3.05) is 0 Å². The standard InChI is InChI=1S/C14H18FN3/c1-11(2)16-7-14-9-18(10-17-14)8-12-3-5-13(15)6-4-12/h3-6,9-11,16H,7-8H2,1-2H3. The molecule has 0 fully saturated rings. The van der Waals surface area contributed by atoms with Crippen molar-refractivity contribution in [3.8, 4) is 0 Å². The Hall–Kier alpha value is -1.68. The van der Waals surface area contributed by atoms with Gasteiger partial charge >= 0.3 is 0 Å². The summed E-state index contributed by atoms with van der Waals surface area (Å²) in [7, 11) is 0. The van der Waals surface area contributed by atoms with Gasteiger partial charge in [-0.15, -0.1) is 0 Å². The third-order valence-electron chi connectivity index (χ3n) is 2.66. The molecular weight excluding hydrogens is 229 g/mol. The maximum Gasteiger partial charge on any atom is 0.123 e. The Labute approximate surface area is 107 Å². The molecule has 0 unspecified atom stereocenters. The van der Waals surface area contributed by atoms with E-state index in [9.17, 15) is 4.39 Å². The number of imidazole rings is 1. The van der Waals surface area contributed by atoms with E-state index in [4.69, 9.17) is 0 Å². The number of hydrogen-bond acceptors (Lipinski definition) is 2. The average Bonchev–Trinajstić information content (AvgIpc) is 2.77. The van der Waals surface area contributed by atoms with Gasteiger partial charge in [0.1, 0.15) is 5.82 Å². The zero-order valence-electron chi connectivity index (χ0n) is 10.7. The van der Waals surface area contributed by atoms with Gasteiger partial charge < -0.3 is 9.88 Å². The molecule has 0 atom stereocenters. The highest BCUT2D eigenvalue weighted by molar-refractivity contribution is 5.16. The van der Waals surface area contributed by atoms with Crippen LogP contribution >= 0.6 is 0 Å². The van der Waals surface area contributed by atoms with E-state index in [1.54, 1.807) is 18.5 Å². The summed E-state index contributed by atoms with van der Waals surface area (Å²) in [4.78, 5) is 4.33. The van der Waals surface area contributed by atoms with Gasteiger partial charge in [-0.05, 0) is 17.7 Å². The molecule has 0 bridgehead atoms. The second-order valence-corrected chi connectivity index (χ2v) is 4.70. The summed E-state index contributed by atoms with van der Waals surface area (Å²) < 4.78 is 14.8. The zero-order chi connectivity index (χ0) is 13.0. The number of hydrogen-bond donors (Lipinski definition) is 1. The number of nitrogens with zero attached hydrogens (tertiary/aromatic N) is 2. The van der Waals surface area contributed by atoms with E-state index in [0.717, 1.165) is 24.3 Å². The molecule has 1 N–H and O–H groups in total. The van der Waals surface area contributed by atoms with Crippen molar-refractivity contribution in [3.05, 3.63) is 53.9 Å². The summed E-state index contributed by atoms with van der Waals surface area (Å²) in [5.41, 5.74) is 2.09. The molecule has 0 saturated carbocycles. The van der Waals surface area contributed by atoms with Gasteiger partial charge in [0, 0.05) is 25.3 Å². The van der Waals surface area contributed by atoms with Gasteiger partial charge in [0.05, 0.1) is 12.0 Å². The monoisotopic (exact) mass is 247 g/mol. The van der Waals surface area contributed by atoms with Gasteiger partial charge in [0.25, 0.3) is 0 Å². The van der Waals surface area contributed by atoms with Crippen molar-refractivity contribution in [3.63, 3.8) is 0 Å². The Morgan fingerprint density at radius 3 is 2.67 bits per heavy atom. The zero-order valence-corrected chi connectivity index (χ0v) is 10.7. The molecule has 0 amide bonds. The number of aromatic nitrogens is 2. The molecular formula is C14H18FN3. The van der Waals surface area contributed by atoms with Gasteiger partial charge in [-0.3, -0.25) is 0 Å². The number of nitrogens with one attached hydrogen (secondary N) is 1. The first-order chi connectivity index (χ1) is 8.63. The highest BCUT2D eigenvalue weighted by Crippen LogP contribution is 2.06. The third-order valence-corrected chi connectivity index (χ3v) is 2.66. The maximum atomic E-state index is 12.8. The lowest BCUT2D eigenvalue weighted by Crippen LogP contribution is -2.21. The average molecular weight is 247 g/mol. The fraction of sp³-hybridized carbons (Fsp3) is 0.357. The van der Waals surface area contributed by atoms with Gasteiger partial charge in [-0.1, -0.05) is 26.0 Å². The molecule has 0 aliphatic rings. The Morgan fingerprint density at radius 2 is 2.00 bits per heavy atom. The lowest BCUT2D eigenvalue weighted by Gasteiger charge is -2.05. The number of halogens is 1. The third kappa shape index (κ3) is 3.67. The van der Waals surface area contributed by atoms with Crippen LogP contribution in [0.2, 0.25) is 0 Å². The summed E-state index contributed by atoms with van der Waals surface area (Å²) in [6.45, 7) is 5.70. The van der Waals surface area contributed by atoms with Crippen LogP contribution in [-0.4, -0.2) is 15.6 Å². The lowest BCUT2D eigenvalue weighted by atomic mass is 10.2. The molecule has 0 aliphatic carbocycles. The topological polar surface area (TPSA) is 29.9 Å². The quantitative estimate of drug-likeness (QED) is 0.880. The molecule has 3 nitrogen and oxygen atoms in total. The van der Waals surface area contributed by atoms with E-state index in [-0.39, 0.29) is 5.82 Å². The fourth-order valence-corrected chi connectivity index (χ4v) is 1.69. The Bertz CT molecular complexity index is 488. The molecule has 0 saturated heterocycles. The van der Waals surface area contributed by atoms with E-state index in [1.807, 2.05) is 10.8 Å². The van der Waals surface area contributed by atoms with Gasteiger partial charge in [0.15, 0.2) is 0 Å². The van der Waals surface area contributed by atoms with E-state index < -0.39 is 0 Å². The lowest BCUT2D eigenvalue weighted by molar-refractivity contribution is 0.582. The second-order valence-electron chi connectivity index (χ2n) is 4.70. The van der Waals surface area contributed by atoms with Crippen LogP contribution < -0.4 is 5.32 Å². The van der Waals surface area contributed by atoms with Crippen LogP contribution in [0.3, 0.4) is 0 Å². The smallest absolute Gasteiger partial charge is 0.123 e. The van der Waals surface area contributed by atoms with E-state index in [1.165, 1.54) is 12.1 Å². The first kappa shape index (κ1) is 12.8. The predicted molar refractivity (Wildman–Crippen MR) is 69.7 cm³/mol. The first-order valence-electron chi connectivity index (χ1n) is 6.12. The van der Waals surface area contributed by atoms with Crippen molar-refractivity contribution in [2.24, 2.45) is 0 Å². The summed E-state index contributed by atoms with van der Waals surface area (Å²) >= 11 is 0. The predicted octanol–water partition coefficient (Wildman–Crippen LogP) is 2.57. The van der Waals surface area contributed by atoms with Crippen LogP contribution in [-0.2, 0) is 13.1 Å². The molecule has 2 rings (SSSR count). The van der Waals surface area contributed by atoms with Gasteiger partial charge in [-0.25, -0.2) is 9.37 Å². The molecule has 0 aliphatic heterocycles. The van der Waals surface area contributed by atoms with Crippen molar-refractivity contribution < 1.29 is 4.39 Å². The number of benzene rings is 1. The Morgan fingerprint density at radius 1 is 1.28 bits per heavy atom. The minimum absolute atomic E-state index is 0.203. The first-order valence-corrected chi connectivity index (χ1v) is 6.12. The van der Waals surface area contributed by atoms with Crippen LogP contribution in [0.15, 0.2) is 36.8 Å². The Kier molecular flexibility index (Phi) is 4.10. The van der Waals surface area contributed by atoms with Crippen molar-refractivity contribution in [2.45, 2.75) is 33.0 Å². The molecule has 2 aromatic rings. The molecule has 1 heterocycles. The molecule has 0 spiro atoms. The fourth-order valence-electron chi connectivity index (χ4n) is 1.69. The molecule has 1 aromatic carbocycles. The normalized spacial score (nSPS) is 11.1. The molecule has 96 valence electrons. The van der Waals surface area contributed by atoms with Crippen molar-refractivity contribution >= 4 is 0 Å². The van der Waals surface area contributed by atoms with E-state index in [2.05, 4.69) is 24.1 Å². The van der Waals surface area contributed by atoms with Gasteiger partial charge in [0.2, 0.25) is 0 Å². The van der Waals surface area contributed by atoms with Crippen LogP contribution in [0.4, 0.5) is 4.39 Å². The highest BCUT2D eigenvalue weighted by atomic mass is 19.1. The minimum Gasteiger partial charge on any atom is -0.333 e. The van der Waals surface area contributed by atoms with Gasteiger partial charge in [-0.2, -0.15) is 0 Å². The maximum absolute atomic E-state index is 12.8. The van der Waals surface area contributed by atoms with E-state index >= 15 is 0 Å². The minimum atomic E-state index is -0.203. The highest BCUT2D eigenvalue weighted by Gasteiger charge is 2.01. The Balaban J connectivity index is 1.95. The molecule has 18 heavy (non-hydrogen) atoms. The second kappa shape index (κ2) is 5.78. The van der Waals surface area contributed by atoms with Crippen LogP contribution in [0.25, 0.3) is 0 Å². The summed E-state index contributed by atoms with van der Waals surface area (Å²) in [6, 6.07) is 7.00. The van der Waals surface area contributed by atoms with Crippen LogP contribution in [0, 0.1) is 5.82 Å². The summed E-state index contributed by atoms with van der Waals surface area (Å²) in [6.07, 6.45) is 3.82. The van der Waals surface area contributed by atoms with Crippen molar-refractivity contribution in [1.29, 1.82) is 0 Å². The SMILES string of the molecule is CC(C)NCc1cn(Cc2ccc(F)cc2)cn1.